The van der Waals surface area contributed by atoms with Crippen molar-refractivity contribution in [2.75, 3.05) is 13.1 Å². The van der Waals surface area contributed by atoms with Gasteiger partial charge in [-0.15, -0.1) is 0 Å². The first kappa shape index (κ1) is 11.5. The minimum Gasteiger partial charge on any atom is -0.481 e. The second kappa shape index (κ2) is 5.33. The maximum atomic E-state index is 10.7. The fraction of sp³-hybridized carbons (Fsp3) is 0.875. The van der Waals surface area contributed by atoms with Gasteiger partial charge in [-0.3, -0.25) is 4.79 Å². The van der Waals surface area contributed by atoms with Crippen molar-refractivity contribution in [2.45, 2.75) is 19.2 Å². The van der Waals surface area contributed by atoms with E-state index in [0.29, 0.717) is 25.7 Å². The zero-order valence-electron chi connectivity index (χ0n) is 8.02. The number of nitrogens with one attached hydrogen (secondary N) is 1. The van der Waals surface area contributed by atoms with Crippen LogP contribution in [-0.4, -0.2) is 41.3 Å². The van der Waals surface area contributed by atoms with Gasteiger partial charge in [0.1, 0.15) is 0 Å². The summed E-state index contributed by atoms with van der Waals surface area (Å²) < 4.78 is 0. The van der Waals surface area contributed by atoms with Crippen LogP contribution in [0.3, 0.4) is 0 Å². The summed E-state index contributed by atoms with van der Waals surface area (Å²) in [5, 5.41) is 29.2. The van der Waals surface area contributed by atoms with E-state index in [1.807, 2.05) is 0 Å². The second-order valence-electron chi connectivity index (χ2n) is 3.85. The van der Waals surface area contributed by atoms with E-state index in [-0.39, 0.29) is 11.8 Å². The standard InChI is InChI=1S/C8H16BNO4/c11-8(12)7-3-6(4-10-5-7)1-2-9(13)14/h6-7,10,13-14H,1-5H2,(H,11,12)/t6-,7?/m0/s1. The first-order chi connectivity index (χ1) is 6.59. The van der Waals surface area contributed by atoms with E-state index in [1.165, 1.54) is 0 Å². The Balaban J connectivity index is 2.29. The summed E-state index contributed by atoms with van der Waals surface area (Å²) in [6.07, 6.45) is 1.61. The van der Waals surface area contributed by atoms with Crippen molar-refractivity contribution in [3.63, 3.8) is 0 Å². The molecule has 0 aromatic rings. The maximum absolute atomic E-state index is 10.7. The smallest absolute Gasteiger partial charge is 0.451 e. The molecule has 0 aromatic carbocycles. The van der Waals surface area contributed by atoms with Crippen LogP contribution in [0, 0.1) is 11.8 Å². The van der Waals surface area contributed by atoms with Gasteiger partial charge in [-0.25, -0.2) is 0 Å². The van der Waals surface area contributed by atoms with Gasteiger partial charge in [0.05, 0.1) is 5.92 Å². The molecule has 6 heteroatoms. The number of rotatable bonds is 4. The molecule has 0 aromatic heterocycles. The highest BCUT2D eigenvalue weighted by atomic mass is 16.4. The van der Waals surface area contributed by atoms with Gasteiger partial charge in [0.2, 0.25) is 0 Å². The first-order valence-corrected chi connectivity index (χ1v) is 4.89. The van der Waals surface area contributed by atoms with E-state index < -0.39 is 13.1 Å². The molecule has 14 heavy (non-hydrogen) atoms. The Bertz CT molecular complexity index is 200. The summed E-state index contributed by atoms with van der Waals surface area (Å²) in [7, 11) is -1.28. The highest BCUT2D eigenvalue weighted by molar-refractivity contribution is 6.40. The zero-order chi connectivity index (χ0) is 10.6. The third-order valence-corrected chi connectivity index (χ3v) is 2.62. The molecule has 2 atom stereocenters. The Morgan fingerprint density at radius 2 is 2.14 bits per heavy atom. The van der Waals surface area contributed by atoms with E-state index in [1.54, 1.807) is 0 Å². The number of carboxylic acids is 1. The van der Waals surface area contributed by atoms with Crippen LogP contribution >= 0.6 is 0 Å². The van der Waals surface area contributed by atoms with Crippen molar-refractivity contribution in [1.29, 1.82) is 0 Å². The number of hydrogen-bond acceptors (Lipinski definition) is 4. The van der Waals surface area contributed by atoms with Crippen LogP contribution in [0.2, 0.25) is 6.32 Å². The van der Waals surface area contributed by atoms with Gasteiger partial charge in [0.25, 0.3) is 0 Å². The summed E-state index contributed by atoms with van der Waals surface area (Å²) in [5.41, 5.74) is 0. The van der Waals surface area contributed by atoms with Gasteiger partial charge in [0.15, 0.2) is 0 Å². The van der Waals surface area contributed by atoms with Crippen molar-refractivity contribution in [3.05, 3.63) is 0 Å². The van der Waals surface area contributed by atoms with Gasteiger partial charge in [-0.05, 0) is 25.2 Å². The van der Waals surface area contributed by atoms with Crippen LogP contribution in [0.25, 0.3) is 0 Å². The molecule has 1 rings (SSSR count). The number of hydrogen-bond donors (Lipinski definition) is 4. The molecule has 1 aliphatic rings. The molecule has 1 aliphatic heterocycles. The van der Waals surface area contributed by atoms with Crippen LogP contribution in [0.1, 0.15) is 12.8 Å². The van der Waals surface area contributed by atoms with E-state index in [2.05, 4.69) is 5.32 Å². The van der Waals surface area contributed by atoms with Crippen molar-refractivity contribution < 1.29 is 19.9 Å². The predicted octanol–water partition coefficient (Wildman–Crippen LogP) is -0.840. The lowest BCUT2D eigenvalue weighted by Gasteiger charge is -2.27. The van der Waals surface area contributed by atoms with E-state index >= 15 is 0 Å². The summed E-state index contributed by atoms with van der Waals surface area (Å²) >= 11 is 0. The van der Waals surface area contributed by atoms with E-state index in [4.69, 9.17) is 15.2 Å². The molecule has 0 amide bonds. The molecule has 0 saturated carbocycles. The molecule has 1 heterocycles. The van der Waals surface area contributed by atoms with Gasteiger partial charge in [-0.2, -0.15) is 0 Å². The summed E-state index contributed by atoms with van der Waals surface area (Å²) in [6.45, 7) is 1.30. The molecular weight excluding hydrogens is 185 g/mol. The molecule has 1 saturated heterocycles. The monoisotopic (exact) mass is 201 g/mol. The molecule has 1 unspecified atom stereocenters. The summed E-state index contributed by atoms with van der Waals surface area (Å²) in [4.78, 5) is 10.7. The topological polar surface area (TPSA) is 89.8 Å². The van der Waals surface area contributed by atoms with Gasteiger partial charge >= 0.3 is 13.1 Å². The number of carbonyl (C=O) groups is 1. The van der Waals surface area contributed by atoms with Gasteiger partial charge < -0.3 is 20.5 Å². The van der Waals surface area contributed by atoms with Crippen LogP contribution in [0.4, 0.5) is 0 Å². The Morgan fingerprint density at radius 1 is 1.43 bits per heavy atom. The van der Waals surface area contributed by atoms with Crippen molar-refractivity contribution in [3.8, 4) is 0 Å². The Hall–Kier alpha value is -0.585. The molecule has 80 valence electrons. The predicted molar refractivity (Wildman–Crippen MR) is 51.7 cm³/mol. The fourth-order valence-electron chi connectivity index (χ4n) is 1.82. The minimum atomic E-state index is -1.28. The van der Waals surface area contributed by atoms with Crippen LogP contribution in [-0.2, 0) is 4.79 Å². The van der Waals surface area contributed by atoms with Gasteiger partial charge in [0, 0.05) is 6.54 Å². The highest BCUT2D eigenvalue weighted by Crippen LogP contribution is 2.21. The lowest BCUT2D eigenvalue weighted by atomic mass is 9.78. The van der Waals surface area contributed by atoms with Crippen molar-refractivity contribution in [1.82, 2.24) is 5.32 Å². The molecule has 0 bridgehead atoms. The fourth-order valence-corrected chi connectivity index (χ4v) is 1.82. The Labute approximate surface area is 83.3 Å². The van der Waals surface area contributed by atoms with Crippen LogP contribution in [0.15, 0.2) is 0 Å². The SMILES string of the molecule is O=C(O)C1CNC[C@@H](CCB(O)O)C1. The lowest BCUT2D eigenvalue weighted by molar-refractivity contribution is -0.142. The lowest BCUT2D eigenvalue weighted by Crippen LogP contribution is -2.40. The van der Waals surface area contributed by atoms with E-state index in [0.717, 1.165) is 6.54 Å². The van der Waals surface area contributed by atoms with Crippen molar-refractivity contribution in [2.24, 2.45) is 11.8 Å². The molecule has 5 nitrogen and oxygen atoms in total. The van der Waals surface area contributed by atoms with Gasteiger partial charge in [-0.1, -0.05) is 6.42 Å². The average molecular weight is 201 g/mol. The summed E-state index contributed by atoms with van der Waals surface area (Å²) in [5.74, 6) is -0.858. The Morgan fingerprint density at radius 3 is 2.71 bits per heavy atom. The van der Waals surface area contributed by atoms with Crippen LogP contribution < -0.4 is 5.32 Å². The Kier molecular flexibility index (Phi) is 4.38. The molecule has 0 spiro atoms. The second-order valence-corrected chi connectivity index (χ2v) is 3.85. The third kappa shape index (κ3) is 3.65. The number of piperidine rings is 1. The third-order valence-electron chi connectivity index (χ3n) is 2.62. The minimum absolute atomic E-state index is 0.242. The molecular formula is C8H16BNO4. The zero-order valence-corrected chi connectivity index (χ0v) is 8.02. The average Bonchev–Trinajstić information content (AvgIpc) is 2.15. The molecule has 4 N–H and O–H groups in total. The molecule has 0 aliphatic carbocycles. The first-order valence-electron chi connectivity index (χ1n) is 4.89. The number of carboxylic acid groups (broad SMARTS) is 1. The highest BCUT2D eigenvalue weighted by Gasteiger charge is 2.27. The largest absolute Gasteiger partial charge is 0.481 e. The van der Waals surface area contributed by atoms with Crippen LogP contribution in [0.5, 0.6) is 0 Å². The molecule has 0 radical (unpaired) electrons. The maximum Gasteiger partial charge on any atom is 0.451 e. The van der Waals surface area contributed by atoms with E-state index in [9.17, 15) is 4.79 Å². The normalized spacial score (nSPS) is 27.3. The summed E-state index contributed by atoms with van der Waals surface area (Å²) in [6, 6.07) is 0. The quantitative estimate of drug-likeness (QED) is 0.445. The van der Waals surface area contributed by atoms with Crippen molar-refractivity contribution >= 4 is 13.1 Å². The number of aliphatic carboxylic acids is 1. The molecule has 1 fully saturated rings.